The van der Waals surface area contributed by atoms with Crippen LogP contribution in [0.5, 0.6) is 40.2 Å². The molecule has 0 saturated heterocycles. The quantitative estimate of drug-likeness (QED) is 0.410. The molecule has 34 heavy (non-hydrogen) atoms. The lowest BCUT2D eigenvalue weighted by molar-refractivity contribution is -0.133. The summed E-state index contributed by atoms with van der Waals surface area (Å²) in [7, 11) is 0. The Labute approximate surface area is 198 Å². The van der Waals surface area contributed by atoms with Gasteiger partial charge >= 0.3 is 29.8 Å². The van der Waals surface area contributed by atoms with Crippen LogP contribution in [0.15, 0.2) is 24.3 Å². The third kappa shape index (κ3) is 7.48. The number of carbonyl (C=O) groups is 5. The Morgan fingerprint density at radius 2 is 0.853 bits per heavy atom. The largest absolute Gasteiger partial charge is 0.449 e. The number of esters is 5. The van der Waals surface area contributed by atoms with Crippen molar-refractivity contribution in [2.75, 3.05) is 0 Å². The molecule has 180 valence electrons. The molecule has 0 bridgehead atoms. The SMILES string of the molecule is CC(=O)Oc1cc(OC(C)=O)c(Oc2cc(OC(C)=O)c(Cl)c(OC(C)=O)c2)c(OC(C)=O)c1. The summed E-state index contributed by atoms with van der Waals surface area (Å²) < 4.78 is 31.1. The molecule has 11 nitrogen and oxygen atoms in total. The maximum absolute atomic E-state index is 11.7. The Kier molecular flexibility index (Phi) is 8.57. The van der Waals surface area contributed by atoms with E-state index in [1.807, 2.05) is 0 Å². The molecular weight excluding hydrogens is 476 g/mol. The molecule has 2 rings (SSSR count). The number of ether oxygens (including phenoxy) is 6. The maximum Gasteiger partial charge on any atom is 0.308 e. The molecule has 0 aliphatic heterocycles. The minimum atomic E-state index is -0.768. The first-order chi connectivity index (χ1) is 15.8. The molecule has 0 aliphatic carbocycles. The van der Waals surface area contributed by atoms with Gasteiger partial charge in [0.05, 0.1) is 0 Å². The van der Waals surface area contributed by atoms with Crippen LogP contribution in [0.4, 0.5) is 0 Å². The molecular formula is C22H19ClO11. The second-order valence-corrected chi connectivity index (χ2v) is 6.93. The van der Waals surface area contributed by atoms with Gasteiger partial charge in [0.25, 0.3) is 0 Å². The van der Waals surface area contributed by atoms with Crippen molar-refractivity contribution < 1.29 is 52.4 Å². The molecule has 12 heteroatoms. The van der Waals surface area contributed by atoms with Gasteiger partial charge in [-0.25, -0.2) is 0 Å². The van der Waals surface area contributed by atoms with Crippen molar-refractivity contribution in [3.05, 3.63) is 29.3 Å². The van der Waals surface area contributed by atoms with Crippen molar-refractivity contribution in [1.29, 1.82) is 0 Å². The predicted molar refractivity (Wildman–Crippen MR) is 115 cm³/mol. The topological polar surface area (TPSA) is 141 Å². The maximum atomic E-state index is 11.7. The van der Waals surface area contributed by atoms with E-state index in [0.29, 0.717) is 0 Å². The lowest BCUT2D eigenvalue weighted by Crippen LogP contribution is -2.09. The summed E-state index contributed by atoms with van der Waals surface area (Å²) in [6, 6.07) is 4.68. The van der Waals surface area contributed by atoms with Gasteiger partial charge in [-0.3, -0.25) is 24.0 Å². The van der Waals surface area contributed by atoms with Crippen LogP contribution in [0, 0.1) is 0 Å². The van der Waals surface area contributed by atoms with Crippen LogP contribution in [0.1, 0.15) is 34.6 Å². The highest BCUT2D eigenvalue weighted by molar-refractivity contribution is 6.33. The third-order valence-electron chi connectivity index (χ3n) is 3.47. The summed E-state index contributed by atoms with van der Waals surface area (Å²) in [5.74, 6) is -5.14. The van der Waals surface area contributed by atoms with Crippen LogP contribution >= 0.6 is 11.6 Å². The lowest BCUT2D eigenvalue weighted by Gasteiger charge is -2.17. The molecule has 0 amide bonds. The molecule has 0 radical (unpaired) electrons. The van der Waals surface area contributed by atoms with Gasteiger partial charge in [-0.1, -0.05) is 11.6 Å². The Bertz CT molecular complexity index is 1100. The van der Waals surface area contributed by atoms with Crippen molar-refractivity contribution in [2.24, 2.45) is 0 Å². The highest BCUT2D eigenvalue weighted by Gasteiger charge is 2.23. The fraction of sp³-hybridized carbons (Fsp3) is 0.227. The van der Waals surface area contributed by atoms with E-state index < -0.39 is 29.8 Å². The highest BCUT2D eigenvalue weighted by atomic mass is 35.5. The van der Waals surface area contributed by atoms with Crippen LogP contribution in [-0.4, -0.2) is 29.8 Å². The van der Waals surface area contributed by atoms with Crippen LogP contribution in [-0.2, 0) is 24.0 Å². The minimum absolute atomic E-state index is 0.107. The summed E-state index contributed by atoms with van der Waals surface area (Å²) in [5.41, 5.74) is 0. The average molecular weight is 495 g/mol. The standard InChI is InChI=1S/C22H19ClO11/c1-10(24)29-15-8-19(32-13(4)27)22(20(9-15)33-14(5)28)34-16-6-17(30-11(2)25)21(23)18(7-16)31-12(3)26/h6-9H,1-5H3. The molecule has 0 fully saturated rings. The molecule has 0 heterocycles. The molecule has 0 saturated carbocycles. The van der Waals surface area contributed by atoms with Crippen molar-refractivity contribution in [3.63, 3.8) is 0 Å². The normalized spacial score (nSPS) is 10.1. The smallest absolute Gasteiger partial charge is 0.308 e. The Morgan fingerprint density at radius 3 is 1.21 bits per heavy atom. The van der Waals surface area contributed by atoms with E-state index in [0.717, 1.165) is 46.8 Å². The summed E-state index contributed by atoms with van der Waals surface area (Å²) in [6.07, 6.45) is 0. The monoisotopic (exact) mass is 494 g/mol. The molecule has 0 atom stereocenters. The van der Waals surface area contributed by atoms with Crippen LogP contribution in [0.3, 0.4) is 0 Å². The Balaban J connectivity index is 2.70. The number of halogens is 1. The van der Waals surface area contributed by atoms with Gasteiger partial charge < -0.3 is 28.4 Å². The zero-order chi connectivity index (χ0) is 25.6. The number of rotatable bonds is 7. The molecule has 2 aromatic carbocycles. The van der Waals surface area contributed by atoms with E-state index in [9.17, 15) is 24.0 Å². The number of hydrogen-bond donors (Lipinski definition) is 0. The summed E-state index contributed by atoms with van der Waals surface area (Å²) in [6.45, 7) is 5.60. The summed E-state index contributed by atoms with van der Waals surface area (Å²) in [5, 5.41) is -0.191. The number of benzene rings is 2. The van der Waals surface area contributed by atoms with Crippen molar-refractivity contribution in [3.8, 4) is 40.2 Å². The number of carbonyl (C=O) groups excluding carboxylic acids is 5. The van der Waals surface area contributed by atoms with Gasteiger partial charge in [-0.2, -0.15) is 0 Å². The molecule has 2 aromatic rings. The summed E-state index contributed by atoms with van der Waals surface area (Å²) in [4.78, 5) is 57.6. The van der Waals surface area contributed by atoms with E-state index in [1.165, 1.54) is 12.1 Å². The van der Waals surface area contributed by atoms with E-state index >= 15 is 0 Å². The van der Waals surface area contributed by atoms with Gasteiger partial charge in [0.2, 0.25) is 5.75 Å². The van der Waals surface area contributed by atoms with Crippen LogP contribution in [0.25, 0.3) is 0 Å². The lowest BCUT2D eigenvalue weighted by atomic mass is 10.2. The fourth-order valence-electron chi connectivity index (χ4n) is 2.52. The highest BCUT2D eigenvalue weighted by Crippen LogP contribution is 2.46. The average Bonchev–Trinajstić information content (AvgIpc) is 2.65. The zero-order valence-corrected chi connectivity index (χ0v) is 19.4. The first kappa shape index (κ1) is 26.1. The van der Waals surface area contributed by atoms with E-state index in [4.69, 9.17) is 40.0 Å². The van der Waals surface area contributed by atoms with E-state index in [1.54, 1.807) is 0 Å². The van der Waals surface area contributed by atoms with Gasteiger partial charge in [0, 0.05) is 58.9 Å². The molecule has 0 aliphatic rings. The Morgan fingerprint density at radius 1 is 0.529 bits per heavy atom. The first-order valence-corrected chi connectivity index (χ1v) is 9.85. The second kappa shape index (κ2) is 11.1. The van der Waals surface area contributed by atoms with Gasteiger partial charge in [0.1, 0.15) is 16.5 Å². The molecule has 0 aromatic heterocycles. The molecule has 0 N–H and O–H groups in total. The van der Waals surface area contributed by atoms with Gasteiger partial charge in [0.15, 0.2) is 23.0 Å². The second-order valence-electron chi connectivity index (χ2n) is 6.55. The van der Waals surface area contributed by atoms with Crippen LogP contribution in [0.2, 0.25) is 5.02 Å². The van der Waals surface area contributed by atoms with Crippen LogP contribution < -0.4 is 28.4 Å². The fourth-order valence-corrected chi connectivity index (χ4v) is 2.71. The van der Waals surface area contributed by atoms with Gasteiger partial charge in [-0.15, -0.1) is 0 Å². The zero-order valence-electron chi connectivity index (χ0n) is 18.7. The van der Waals surface area contributed by atoms with E-state index in [-0.39, 0.29) is 45.3 Å². The van der Waals surface area contributed by atoms with Crippen molar-refractivity contribution in [2.45, 2.75) is 34.6 Å². The minimum Gasteiger partial charge on any atom is -0.449 e. The number of hydrogen-bond acceptors (Lipinski definition) is 11. The predicted octanol–water partition coefficient (Wildman–Crippen LogP) is 3.76. The molecule has 0 unspecified atom stereocenters. The third-order valence-corrected chi connectivity index (χ3v) is 3.84. The Hall–Kier alpha value is -4.12. The summed E-state index contributed by atoms with van der Waals surface area (Å²) >= 11 is 6.14. The van der Waals surface area contributed by atoms with Crippen molar-refractivity contribution in [1.82, 2.24) is 0 Å². The van der Waals surface area contributed by atoms with Gasteiger partial charge in [-0.05, 0) is 0 Å². The van der Waals surface area contributed by atoms with Crippen molar-refractivity contribution >= 4 is 41.4 Å². The first-order valence-electron chi connectivity index (χ1n) is 9.47. The van der Waals surface area contributed by atoms with E-state index in [2.05, 4.69) is 0 Å². The molecule has 0 spiro atoms.